The van der Waals surface area contributed by atoms with E-state index in [0.29, 0.717) is 18.5 Å². The molecule has 2 rings (SSSR count). The third kappa shape index (κ3) is 1.89. The Hall–Kier alpha value is -1.53. The standard InChI is InChI=1S/C12H11ClN2O/c1-8-2-3-9(6-14)4-11(8)15-7-10(13)5-12(15)16/h2-4,10H,5,7H2,1H3. The van der Waals surface area contributed by atoms with Gasteiger partial charge in [0.25, 0.3) is 0 Å². The molecule has 0 aliphatic carbocycles. The molecule has 1 atom stereocenters. The van der Waals surface area contributed by atoms with Crippen LogP contribution in [0.4, 0.5) is 5.69 Å². The molecule has 1 aromatic rings. The minimum absolute atomic E-state index is 0.0261. The van der Waals surface area contributed by atoms with Crippen LogP contribution in [0.1, 0.15) is 17.5 Å². The van der Waals surface area contributed by atoms with Gasteiger partial charge in [-0.25, -0.2) is 0 Å². The van der Waals surface area contributed by atoms with E-state index in [4.69, 9.17) is 16.9 Å². The summed E-state index contributed by atoms with van der Waals surface area (Å²) in [5.41, 5.74) is 2.34. The van der Waals surface area contributed by atoms with E-state index in [1.165, 1.54) is 0 Å². The second kappa shape index (κ2) is 4.15. The normalized spacial score (nSPS) is 19.9. The molecule has 16 heavy (non-hydrogen) atoms. The lowest BCUT2D eigenvalue weighted by atomic mass is 10.1. The molecule has 0 spiro atoms. The van der Waals surface area contributed by atoms with Crippen molar-refractivity contribution in [2.24, 2.45) is 0 Å². The number of benzene rings is 1. The van der Waals surface area contributed by atoms with Crippen LogP contribution in [0.15, 0.2) is 18.2 Å². The molecule has 0 saturated carbocycles. The van der Waals surface area contributed by atoms with Gasteiger partial charge in [-0.1, -0.05) is 6.07 Å². The Morgan fingerprint density at radius 3 is 2.88 bits per heavy atom. The van der Waals surface area contributed by atoms with Crippen molar-refractivity contribution in [1.82, 2.24) is 0 Å². The predicted octanol–water partition coefficient (Wildman–Crippen LogP) is 2.21. The zero-order chi connectivity index (χ0) is 11.7. The van der Waals surface area contributed by atoms with Crippen LogP contribution in [-0.2, 0) is 4.79 Å². The highest BCUT2D eigenvalue weighted by molar-refractivity contribution is 6.24. The molecular formula is C12H11ClN2O. The van der Waals surface area contributed by atoms with Crippen LogP contribution in [0.2, 0.25) is 0 Å². The van der Waals surface area contributed by atoms with Crippen LogP contribution in [0.5, 0.6) is 0 Å². The molecule has 1 aromatic carbocycles. The fourth-order valence-corrected chi connectivity index (χ4v) is 2.14. The number of carbonyl (C=O) groups excluding carboxylic acids is 1. The predicted molar refractivity (Wildman–Crippen MR) is 62.5 cm³/mol. The van der Waals surface area contributed by atoms with Crippen molar-refractivity contribution < 1.29 is 4.79 Å². The van der Waals surface area contributed by atoms with E-state index >= 15 is 0 Å². The fraction of sp³-hybridized carbons (Fsp3) is 0.333. The van der Waals surface area contributed by atoms with Gasteiger partial charge in [0.05, 0.1) is 17.0 Å². The molecule has 4 heteroatoms. The monoisotopic (exact) mass is 234 g/mol. The van der Waals surface area contributed by atoms with E-state index in [-0.39, 0.29) is 11.3 Å². The van der Waals surface area contributed by atoms with Gasteiger partial charge in [-0.3, -0.25) is 4.79 Å². The van der Waals surface area contributed by atoms with Crippen molar-refractivity contribution in [3.63, 3.8) is 0 Å². The molecule has 1 saturated heterocycles. The van der Waals surface area contributed by atoms with Crippen LogP contribution in [0.3, 0.4) is 0 Å². The first-order valence-corrected chi connectivity index (χ1v) is 5.50. The lowest BCUT2D eigenvalue weighted by Crippen LogP contribution is -2.25. The lowest BCUT2D eigenvalue weighted by Gasteiger charge is -2.18. The van der Waals surface area contributed by atoms with E-state index in [2.05, 4.69) is 6.07 Å². The van der Waals surface area contributed by atoms with Gasteiger partial charge >= 0.3 is 0 Å². The molecule has 0 radical (unpaired) electrons. The van der Waals surface area contributed by atoms with Crippen LogP contribution < -0.4 is 4.90 Å². The van der Waals surface area contributed by atoms with Gasteiger partial charge in [0.1, 0.15) is 0 Å². The first kappa shape index (κ1) is 11.0. The quantitative estimate of drug-likeness (QED) is 0.700. The number of amides is 1. The number of rotatable bonds is 1. The van der Waals surface area contributed by atoms with Crippen LogP contribution in [0, 0.1) is 18.3 Å². The van der Waals surface area contributed by atoms with Crippen LogP contribution in [0.25, 0.3) is 0 Å². The Morgan fingerprint density at radius 2 is 2.31 bits per heavy atom. The van der Waals surface area contributed by atoms with E-state index in [1.807, 2.05) is 13.0 Å². The van der Waals surface area contributed by atoms with Crippen molar-refractivity contribution in [3.05, 3.63) is 29.3 Å². The van der Waals surface area contributed by atoms with Gasteiger partial charge in [-0.05, 0) is 24.6 Å². The van der Waals surface area contributed by atoms with Crippen molar-refractivity contribution in [2.75, 3.05) is 11.4 Å². The highest BCUT2D eigenvalue weighted by Gasteiger charge is 2.29. The summed E-state index contributed by atoms with van der Waals surface area (Å²) in [5.74, 6) is 0.0261. The Bertz CT molecular complexity index is 478. The lowest BCUT2D eigenvalue weighted by molar-refractivity contribution is -0.117. The summed E-state index contributed by atoms with van der Waals surface area (Å²) >= 11 is 5.95. The Labute approximate surface area is 99.2 Å². The molecule has 0 N–H and O–H groups in total. The van der Waals surface area contributed by atoms with E-state index < -0.39 is 0 Å². The summed E-state index contributed by atoms with van der Waals surface area (Å²) in [6, 6.07) is 7.41. The van der Waals surface area contributed by atoms with E-state index in [1.54, 1.807) is 17.0 Å². The Kier molecular flexibility index (Phi) is 2.84. The van der Waals surface area contributed by atoms with Crippen LogP contribution >= 0.6 is 11.6 Å². The topological polar surface area (TPSA) is 44.1 Å². The van der Waals surface area contributed by atoms with Crippen molar-refractivity contribution in [3.8, 4) is 6.07 Å². The second-order valence-corrected chi connectivity index (χ2v) is 4.54. The van der Waals surface area contributed by atoms with Gasteiger partial charge in [-0.15, -0.1) is 11.6 Å². The minimum atomic E-state index is -0.127. The maximum absolute atomic E-state index is 11.7. The summed E-state index contributed by atoms with van der Waals surface area (Å²) in [4.78, 5) is 13.4. The minimum Gasteiger partial charge on any atom is -0.311 e. The van der Waals surface area contributed by atoms with Gasteiger partial charge in [0.2, 0.25) is 5.91 Å². The maximum atomic E-state index is 11.7. The maximum Gasteiger partial charge on any atom is 0.228 e. The number of nitriles is 1. The van der Waals surface area contributed by atoms with E-state index in [0.717, 1.165) is 11.3 Å². The Morgan fingerprint density at radius 1 is 1.56 bits per heavy atom. The molecule has 0 aromatic heterocycles. The highest BCUT2D eigenvalue weighted by Crippen LogP contribution is 2.27. The van der Waals surface area contributed by atoms with Gasteiger partial charge < -0.3 is 4.90 Å². The smallest absolute Gasteiger partial charge is 0.228 e. The second-order valence-electron chi connectivity index (χ2n) is 3.92. The number of nitrogens with zero attached hydrogens (tertiary/aromatic N) is 2. The SMILES string of the molecule is Cc1ccc(C#N)cc1N1CC(Cl)CC1=O. The number of halogens is 1. The summed E-state index contributed by atoms with van der Waals surface area (Å²) in [7, 11) is 0. The molecule has 0 bridgehead atoms. The molecule has 1 heterocycles. The summed E-state index contributed by atoms with van der Waals surface area (Å²) in [6.07, 6.45) is 0.373. The average Bonchev–Trinajstić information content (AvgIpc) is 2.58. The zero-order valence-corrected chi connectivity index (χ0v) is 9.66. The summed E-state index contributed by atoms with van der Waals surface area (Å²) in [6.45, 7) is 2.45. The van der Waals surface area contributed by atoms with Crippen LogP contribution in [-0.4, -0.2) is 17.8 Å². The Balaban J connectivity index is 2.40. The number of carbonyl (C=O) groups is 1. The fourth-order valence-electron chi connectivity index (χ4n) is 1.87. The number of aryl methyl sites for hydroxylation is 1. The van der Waals surface area contributed by atoms with Gasteiger partial charge in [0, 0.05) is 18.7 Å². The first-order chi connectivity index (χ1) is 7.61. The average molecular weight is 235 g/mol. The number of anilines is 1. The number of alkyl halides is 1. The zero-order valence-electron chi connectivity index (χ0n) is 8.90. The first-order valence-electron chi connectivity index (χ1n) is 5.07. The molecule has 1 aliphatic rings. The molecular weight excluding hydrogens is 224 g/mol. The van der Waals surface area contributed by atoms with Crippen molar-refractivity contribution >= 4 is 23.2 Å². The molecule has 82 valence electrons. The molecule has 1 amide bonds. The van der Waals surface area contributed by atoms with Gasteiger partial charge in [-0.2, -0.15) is 5.26 Å². The number of hydrogen-bond acceptors (Lipinski definition) is 2. The molecule has 1 unspecified atom stereocenters. The summed E-state index contributed by atoms with van der Waals surface area (Å²) in [5, 5.41) is 8.71. The molecule has 3 nitrogen and oxygen atoms in total. The number of hydrogen-bond donors (Lipinski definition) is 0. The van der Waals surface area contributed by atoms with E-state index in [9.17, 15) is 4.79 Å². The highest BCUT2D eigenvalue weighted by atomic mass is 35.5. The molecule has 1 aliphatic heterocycles. The van der Waals surface area contributed by atoms with Gasteiger partial charge in [0.15, 0.2) is 0 Å². The third-order valence-corrected chi connectivity index (χ3v) is 3.00. The summed E-state index contributed by atoms with van der Waals surface area (Å²) < 4.78 is 0. The largest absolute Gasteiger partial charge is 0.311 e. The third-order valence-electron chi connectivity index (χ3n) is 2.71. The van der Waals surface area contributed by atoms with Crippen molar-refractivity contribution in [2.45, 2.75) is 18.7 Å². The van der Waals surface area contributed by atoms with Crippen molar-refractivity contribution in [1.29, 1.82) is 5.26 Å². The molecule has 1 fully saturated rings.